The molecule has 0 aromatic rings. The Balaban J connectivity index is 0. The molecule has 3 atom stereocenters. The quantitative estimate of drug-likeness (QED) is 0.133. The summed E-state index contributed by atoms with van der Waals surface area (Å²) in [6, 6.07) is 0. The molecule has 3 rings (SSSR count). The van der Waals surface area contributed by atoms with Crippen molar-refractivity contribution < 1.29 is 57.9 Å². The predicted molar refractivity (Wildman–Crippen MR) is 193 cm³/mol. The number of esters is 1. The number of ether oxygens (including phenoxy) is 5. The largest absolute Gasteiger partial charge is 0.519 e. The lowest BCUT2D eigenvalue weighted by Crippen LogP contribution is -2.35. The molecule has 0 saturated carbocycles. The number of carbonyl (C=O) groups is 5. The number of amides is 1. The highest BCUT2D eigenvalue weighted by atomic mass is 16.8. The van der Waals surface area contributed by atoms with Crippen LogP contribution in [0.4, 0.5) is 14.4 Å². The number of rotatable bonds is 3. The highest BCUT2D eigenvalue weighted by Crippen LogP contribution is 2.19. The van der Waals surface area contributed by atoms with Crippen molar-refractivity contribution in [2.75, 3.05) is 52.5 Å². The third kappa shape index (κ3) is 32.6. The molecule has 3 aliphatic rings. The summed E-state index contributed by atoms with van der Waals surface area (Å²) in [6.45, 7) is 28.3. The number of hydrogen-bond acceptors (Lipinski definition) is 14. The van der Waals surface area contributed by atoms with Crippen molar-refractivity contribution in [3.05, 3.63) is 0 Å². The Morgan fingerprint density at radius 1 is 0.667 bits per heavy atom. The van der Waals surface area contributed by atoms with E-state index >= 15 is 0 Å². The highest BCUT2D eigenvalue weighted by Gasteiger charge is 2.29. The molecule has 0 aromatic carbocycles. The smallest absolute Gasteiger partial charge is 0.460 e. The molecule has 0 aliphatic carbocycles. The van der Waals surface area contributed by atoms with Gasteiger partial charge in [-0.05, 0) is 121 Å². The molecule has 3 aliphatic heterocycles. The SMILES string of the molecule is CC(=O)OC(C)(C)C.CC(C)(C)OC(=O)N1CCC(CO)C1.CC(C)(C)OC(=O)OC(=O)OC(C)(C)C.O=CC1CCNC1.OCC1CCNC1. The molecule has 4 N–H and O–H groups in total. The molecule has 15 heteroatoms. The standard InChI is InChI=1S/C10H19NO3.C10H18O5.C6H12O2.C5H11NO.C5H9NO/c1-10(2,3)14-9(13)11-5-4-8(6-11)7-12;1-9(2,3)14-7(11)13-8(12)15-10(4,5)6;1-5(7)8-6(2,3)4;2*7-4-5-1-2-6-3-5/h8,12H,4-7H2,1-3H3;1-6H3;1-4H3;5-7H,1-4H2;4-6H,1-3H2. The van der Waals surface area contributed by atoms with Gasteiger partial charge >= 0.3 is 24.4 Å². The Kier molecular flexibility index (Phi) is 23.8. The van der Waals surface area contributed by atoms with Crippen LogP contribution in [0.2, 0.25) is 0 Å². The van der Waals surface area contributed by atoms with Gasteiger partial charge in [0.05, 0.1) is 0 Å². The van der Waals surface area contributed by atoms with E-state index in [-0.39, 0.29) is 30.2 Å². The lowest BCUT2D eigenvalue weighted by molar-refractivity contribution is -0.151. The number of nitrogens with zero attached hydrogens (tertiary/aromatic N) is 1. The van der Waals surface area contributed by atoms with Crippen LogP contribution in [0.15, 0.2) is 0 Å². The van der Waals surface area contributed by atoms with Gasteiger partial charge in [0.1, 0.15) is 28.7 Å². The van der Waals surface area contributed by atoms with Gasteiger partial charge in [-0.1, -0.05) is 0 Å². The van der Waals surface area contributed by atoms with Gasteiger partial charge in [0.25, 0.3) is 0 Å². The van der Waals surface area contributed by atoms with Gasteiger partial charge in [0.2, 0.25) is 0 Å². The van der Waals surface area contributed by atoms with E-state index in [2.05, 4.69) is 15.4 Å². The van der Waals surface area contributed by atoms with Crippen LogP contribution in [0, 0.1) is 17.8 Å². The van der Waals surface area contributed by atoms with Crippen LogP contribution < -0.4 is 10.6 Å². The third-order valence-corrected chi connectivity index (χ3v) is 6.30. The Hall–Kier alpha value is -3.01. The summed E-state index contributed by atoms with van der Waals surface area (Å²) >= 11 is 0. The molecule has 0 spiro atoms. The van der Waals surface area contributed by atoms with E-state index in [0.29, 0.717) is 31.5 Å². The van der Waals surface area contributed by atoms with Crippen molar-refractivity contribution in [3.63, 3.8) is 0 Å². The molecular weight excluding hydrogens is 666 g/mol. The predicted octanol–water partition coefficient (Wildman–Crippen LogP) is 4.84. The van der Waals surface area contributed by atoms with Crippen molar-refractivity contribution in [1.29, 1.82) is 0 Å². The first kappa shape index (κ1) is 50.1. The zero-order chi connectivity index (χ0) is 40.1. The Bertz CT molecular complexity index is 988. The first-order valence-corrected chi connectivity index (χ1v) is 17.6. The summed E-state index contributed by atoms with van der Waals surface area (Å²) in [6.07, 6.45) is 1.69. The van der Waals surface area contributed by atoms with Gasteiger partial charge in [0, 0.05) is 58.2 Å². The minimum atomic E-state index is -1.06. The summed E-state index contributed by atoms with van der Waals surface area (Å²) in [4.78, 5) is 55.4. The van der Waals surface area contributed by atoms with Gasteiger partial charge < -0.3 is 54.2 Å². The summed E-state index contributed by atoms with van der Waals surface area (Å²) in [7, 11) is 0. The number of nitrogens with one attached hydrogen (secondary N) is 2. The molecule has 0 aromatic heterocycles. The second-order valence-electron chi connectivity index (χ2n) is 16.4. The minimum absolute atomic E-state index is 0.152. The second kappa shape index (κ2) is 24.3. The van der Waals surface area contributed by atoms with Gasteiger partial charge in [-0.3, -0.25) is 4.79 Å². The van der Waals surface area contributed by atoms with Crippen molar-refractivity contribution in [2.45, 2.75) is 132 Å². The Morgan fingerprint density at radius 2 is 1.12 bits per heavy atom. The fourth-order valence-electron chi connectivity index (χ4n) is 4.18. The molecule has 3 unspecified atom stereocenters. The molecule has 3 heterocycles. The molecule has 51 heavy (non-hydrogen) atoms. The third-order valence-electron chi connectivity index (χ3n) is 6.30. The molecule has 3 saturated heterocycles. The fraction of sp³-hybridized carbons (Fsp3) is 0.861. The van der Waals surface area contributed by atoms with E-state index in [1.54, 1.807) is 46.4 Å². The van der Waals surface area contributed by atoms with Crippen molar-refractivity contribution in [2.24, 2.45) is 17.8 Å². The average Bonchev–Trinajstić information content (AvgIpc) is 3.73. The van der Waals surface area contributed by atoms with E-state index in [9.17, 15) is 24.0 Å². The molecule has 3 fully saturated rings. The highest BCUT2D eigenvalue weighted by molar-refractivity contribution is 5.77. The van der Waals surface area contributed by atoms with E-state index in [0.717, 1.165) is 51.7 Å². The lowest BCUT2D eigenvalue weighted by atomic mass is 10.1. The fourth-order valence-corrected chi connectivity index (χ4v) is 4.18. The number of carbonyl (C=O) groups excluding carboxylic acids is 5. The molecule has 0 bridgehead atoms. The normalized spacial score (nSPS) is 19.9. The first-order chi connectivity index (χ1) is 23.2. The van der Waals surface area contributed by atoms with Crippen molar-refractivity contribution in [3.8, 4) is 0 Å². The number of likely N-dealkylation sites (tertiary alicyclic amines) is 1. The first-order valence-electron chi connectivity index (χ1n) is 17.6. The zero-order valence-corrected chi connectivity index (χ0v) is 33.5. The van der Waals surface area contributed by atoms with Gasteiger partial charge in [-0.25, -0.2) is 14.4 Å². The van der Waals surface area contributed by atoms with Gasteiger partial charge in [-0.15, -0.1) is 0 Å². The molecule has 300 valence electrons. The molecular formula is C36H69N3O12. The second-order valence-corrected chi connectivity index (χ2v) is 16.4. The Labute approximate surface area is 305 Å². The maximum Gasteiger partial charge on any atom is 0.519 e. The van der Waals surface area contributed by atoms with E-state index in [4.69, 9.17) is 29.2 Å². The van der Waals surface area contributed by atoms with Crippen LogP contribution in [0.3, 0.4) is 0 Å². The van der Waals surface area contributed by atoms with Crippen LogP contribution in [0.25, 0.3) is 0 Å². The van der Waals surface area contributed by atoms with Gasteiger partial charge in [-0.2, -0.15) is 0 Å². The van der Waals surface area contributed by atoms with E-state index in [1.165, 1.54) is 6.92 Å². The van der Waals surface area contributed by atoms with Crippen LogP contribution in [0.1, 0.15) is 109 Å². The van der Waals surface area contributed by atoms with E-state index < -0.39 is 29.1 Å². The molecule has 0 radical (unpaired) electrons. The number of aliphatic hydroxyl groups is 2. The van der Waals surface area contributed by atoms with Crippen LogP contribution in [-0.2, 0) is 33.3 Å². The van der Waals surface area contributed by atoms with E-state index in [1.807, 2.05) is 41.5 Å². The van der Waals surface area contributed by atoms with Gasteiger partial charge in [0.15, 0.2) is 0 Å². The van der Waals surface area contributed by atoms with Crippen LogP contribution in [-0.4, -0.2) is 121 Å². The van der Waals surface area contributed by atoms with Crippen LogP contribution >= 0.6 is 0 Å². The average molecular weight is 736 g/mol. The lowest BCUT2D eigenvalue weighted by Gasteiger charge is -2.24. The Morgan fingerprint density at radius 3 is 1.37 bits per heavy atom. The summed E-state index contributed by atoms with van der Waals surface area (Å²) in [5, 5.41) is 23.7. The van der Waals surface area contributed by atoms with Crippen molar-refractivity contribution in [1.82, 2.24) is 15.5 Å². The maximum absolute atomic E-state index is 11.5. The number of aldehydes is 1. The molecule has 1 amide bonds. The summed E-state index contributed by atoms with van der Waals surface area (Å²) < 4.78 is 23.8. The number of hydrogen-bond donors (Lipinski definition) is 4. The van der Waals surface area contributed by atoms with Crippen molar-refractivity contribution >= 4 is 30.7 Å². The zero-order valence-electron chi connectivity index (χ0n) is 33.5. The summed E-state index contributed by atoms with van der Waals surface area (Å²) in [5.41, 5.74) is -2.15. The monoisotopic (exact) mass is 735 g/mol. The topological polar surface area (TPSA) is 199 Å². The maximum atomic E-state index is 11.5. The summed E-state index contributed by atoms with van der Waals surface area (Å²) in [5.74, 6) is 0.847. The number of aliphatic hydroxyl groups excluding tert-OH is 2. The van der Waals surface area contributed by atoms with Crippen LogP contribution in [0.5, 0.6) is 0 Å². The minimum Gasteiger partial charge on any atom is -0.460 e. The molecule has 15 nitrogen and oxygen atoms in total.